The monoisotopic (exact) mass is 179 g/mol. The highest BCUT2D eigenvalue weighted by molar-refractivity contribution is 5.32. The number of H-pyrrole nitrogens is 1. The summed E-state index contributed by atoms with van der Waals surface area (Å²) in [6, 6.07) is 1.72. The maximum Gasteiger partial charge on any atom is 0.346 e. The van der Waals surface area contributed by atoms with Crippen molar-refractivity contribution in [2.75, 3.05) is 11.9 Å². The lowest BCUT2D eigenvalue weighted by atomic mass is 10.3. The molecule has 13 heavy (non-hydrogen) atoms. The quantitative estimate of drug-likeness (QED) is 0.684. The number of hydrogen-bond donors (Lipinski definition) is 2. The second kappa shape index (κ2) is 4.45. The van der Waals surface area contributed by atoms with E-state index in [1.807, 2.05) is 19.9 Å². The van der Waals surface area contributed by atoms with Crippen molar-refractivity contribution in [2.24, 2.45) is 0 Å². The van der Waals surface area contributed by atoms with Crippen molar-refractivity contribution in [1.82, 2.24) is 9.97 Å². The highest BCUT2D eigenvalue weighted by Crippen LogP contribution is 1.95. The van der Waals surface area contributed by atoms with Gasteiger partial charge in [0, 0.05) is 12.7 Å². The van der Waals surface area contributed by atoms with E-state index in [0.29, 0.717) is 12.4 Å². The summed E-state index contributed by atoms with van der Waals surface area (Å²) in [5.41, 5.74) is 0.908. The molecule has 4 nitrogen and oxygen atoms in total. The summed E-state index contributed by atoms with van der Waals surface area (Å²) >= 11 is 0. The molecule has 0 fully saturated rings. The van der Waals surface area contributed by atoms with Gasteiger partial charge in [0.2, 0.25) is 0 Å². The molecule has 1 rings (SSSR count). The van der Waals surface area contributed by atoms with Gasteiger partial charge in [0.15, 0.2) is 0 Å². The average molecular weight is 179 g/mol. The van der Waals surface area contributed by atoms with Gasteiger partial charge in [-0.15, -0.1) is 0 Å². The minimum Gasteiger partial charge on any atom is -0.368 e. The Hall–Kier alpha value is -1.58. The molecule has 0 saturated carbocycles. The predicted octanol–water partition coefficient (Wildman–Crippen LogP) is 1.15. The van der Waals surface area contributed by atoms with E-state index in [-0.39, 0.29) is 5.69 Å². The number of rotatable bonds is 3. The number of allylic oxidation sites excluding steroid dienone is 1. The molecule has 0 aromatic carbocycles. The molecule has 4 heteroatoms. The van der Waals surface area contributed by atoms with Crippen LogP contribution in [0.25, 0.3) is 0 Å². The van der Waals surface area contributed by atoms with Gasteiger partial charge in [0.25, 0.3) is 0 Å². The fraction of sp³-hybridized carbons (Fsp3) is 0.333. The summed E-state index contributed by atoms with van der Waals surface area (Å²) in [6.45, 7) is 4.76. The molecule has 0 aliphatic carbocycles. The molecule has 0 amide bonds. The Morgan fingerprint density at radius 2 is 2.46 bits per heavy atom. The summed E-state index contributed by atoms with van der Waals surface area (Å²) in [7, 11) is 0. The van der Waals surface area contributed by atoms with Crippen LogP contribution < -0.4 is 11.0 Å². The van der Waals surface area contributed by atoms with E-state index in [0.717, 1.165) is 0 Å². The van der Waals surface area contributed by atoms with Crippen LogP contribution in [-0.4, -0.2) is 16.5 Å². The van der Waals surface area contributed by atoms with E-state index in [1.165, 1.54) is 11.8 Å². The second-order valence-corrected chi connectivity index (χ2v) is 2.95. The van der Waals surface area contributed by atoms with Crippen LogP contribution in [-0.2, 0) is 0 Å². The molecule has 1 heterocycles. The average Bonchev–Trinajstić information content (AvgIpc) is 2.03. The zero-order valence-electron chi connectivity index (χ0n) is 7.79. The maximum atomic E-state index is 10.8. The molecule has 1 aromatic heterocycles. The number of nitrogens with zero attached hydrogens (tertiary/aromatic N) is 1. The first-order valence-electron chi connectivity index (χ1n) is 4.11. The molecule has 0 bridgehead atoms. The van der Waals surface area contributed by atoms with Gasteiger partial charge >= 0.3 is 5.69 Å². The molecular formula is C9H13N3O. The zero-order chi connectivity index (χ0) is 9.68. The standard InChI is InChI=1S/C9H13N3O/c1-7(2)3-5-10-8-4-6-11-9(13)12-8/h3-4,6H,5H2,1-2H3,(H2,10,11,12,13). The fourth-order valence-corrected chi connectivity index (χ4v) is 0.837. The SMILES string of the molecule is CC(C)=CCNc1ccnc(=O)[nH]1. The van der Waals surface area contributed by atoms with Crippen LogP contribution in [0, 0.1) is 0 Å². The zero-order valence-corrected chi connectivity index (χ0v) is 7.79. The van der Waals surface area contributed by atoms with Crippen molar-refractivity contribution in [3.63, 3.8) is 0 Å². The van der Waals surface area contributed by atoms with E-state index in [1.54, 1.807) is 6.07 Å². The summed E-state index contributed by atoms with van der Waals surface area (Å²) in [5.74, 6) is 0.692. The largest absolute Gasteiger partial charge is 0.368 e. The van der Waals surface area contributed by atoms with Crippen molar-refractivity contribution in [3.05, 3.63) is 34.4 Å². The van der Waals surface area contributed by atoms with Crippen LogP contribution >= 0.6 is 0 Å². The summed E-state index contributed by atoms with van der Waals surface area (Å²) < 4.78 is 0. The fourth-order valence-electron chi connectivity index (χ4n) is 0.837. The van der Waals surface area contributed by atoms with Crippen molar-refractivity contribution >= 4 is 5.82 Å². The molecule has 1 aromatic rings. The predicted molar refractivity (Wildman–Crippen MR) is 52.8 cm³/mol. The van der Waals surface area contributed by atoms with Gasteiger partial charge in [-0.05, 0) is 19.9 Å². The van der Waals surface area contributed by atoms with Crippen LogP contribution in [0.5, 0.6) is 0 Å². The lowest BCUT2D eigenvalue weighted by Gasteiger charge is -2.01. The Morgan fingerprint density at radius 1 is 1.69 bits per heavy atom. The van der Waals surface area contributed by atoms with E-state index in [9.17, 15) is 4.79 Å². The van der Waals surface area contributed by atoms with Gasteiger partial charge in [-0.2, -0.15) is 0 Å². The third-order valence-electron chi connectivity index (χ3n) is 1.48. The number of aromatic amines is 1. The highest BCUT2D eigenvalue weighted by Gasteiger charge is 1.89. The number of aromatic nitrogens is 2. The molecule has 70 valence electrons. The first-order chi connectivity index (χ1) is 6.18. The first-order valence-corrected chi connectivity index (χ1v) is 4.11. The van der Waals surface area contributed by atoms with E-state index < -0.39 is 0 Å². The van der Waals surface area contributed by atoms with Crippen molar-refractivity contribution in [1.29, 1.82) is 0 Å². The molecule has 2 N–H and O–H groups in total. The Morgan fingerprint density at radius 3 is 3.08 bits per heavy atom. The normalized spacial score (nSPS) is 9.38. The molecule has 0 aliphatic rings. The van der Waals surface area contributed by atoms with Crippen LogP contribution in [0.15, 0.2) is 28.7 Å². The van der Waals surface area contributed by atoms with Gasteiger partial charge in [0.1, 0.15) is 5.82 Å². The van der Waals surface area contributed by atoms with Crippen molar-refractivity contribution in [2.45, 2.75) is 13.8 Å². The molecule has 0 unspecified atom stereocenters. The third kappa shape index (κ3) is 3.55. The van der Waals surface area contributed by atoms with E-state index >= 15 is 0 Å². The van der Waals surface area contributed by atoms with Crippen LogP contribution in [0.1, 0.15) is 13.8 Å². The van der Waals surface area contributed by atoms with Gasteiger partial charge in [0.05, 0.1) is 0 Å². The molecule has 0 aliphatic heterocycles. The topological polar surface area (TPSA) is 57.8 Å². The third-order valence-corrected chi connectivity index (χ3v) is 1.48. The minimum absolute atomic E-state index is 0.331. The number of hydrogen-bond acceptors (Lipinski definition) is 3. The van der Waals surface area contributed by atoms with Gasteiger partial charge in [-0.3, -0.25) is 4.98 Å². The molecular weight excluding hydrogens is 166 g/mol. The Kier molecular flexibility index (Phi) is 3.25. The van der Waals surface area contributed by atoms with Gasteiger partial charge in [-0.25, -0.2) is 9.78 Å². The van der Waals surface area contributed by atoms with Crippen molar-refractivity contribution < 1.29 is 0 Å². The maximum absolute atomic E-state index is 10.8. The van der Waals surface area contributed by atoms with E-state index in [4.69, 9.17) is 0 Å². The Labute approximate surface area is 76.7 Å². The lowest BCUT2D eigenvalue weighted by Crippen LogP contribution is -2.12. The van der Waals surface area contributed by atoms with Gasteiger partial charge < -0.3 is 5.32 Å². The van der Waals surface area contributed by atoms with Crippen LogP contribution in [0.3, 0.4) is 0 Å². The number of anilines is 1. The molecule has 0 spiro atoms. The van der Waals surface area contributed by atoms with Crippen molar-refractivity contribution in [3.8, 4) is 0 Å². The minimum atomic E-state index is -0.331. The first kappa shape index (κ1) is 9.51. The molecule has 0 radical (unpaired) electrons. The lowest BCUT2D eigenvalue weighted by molar-refractivity contribution is 1.06. The molecule has 0 saturated heterocycles. The van der Waals surface area contributed by atoms with Crippen LogP contribution in [0.2, 0.25) is 0 Å². The smallest absolute Gasteiger partial charge is 0.346 e. The molecule has 0 atom stereocenters. The summed E-state index contributed by atoms with van der Waals surface area (Å²) in [6.07, 6.45) is 3.52. The Bertz CT molecular complexity index is 350. The second-order valence-electron chi connectivity index (χ2n) is 2.95. The summed E-state index contributed by atoms with van der Waals surface area (Å²) in [4.78, 5) is 16.9. The Balaban J connectivity index is 2.55. The number of nitrogens with one attached hydrogen (secondary N) is 2. The summed E-state index contributed by atoms with van der Waals surface area (Å²) in [5, 5.41) is 3.04. The highest BCUT2D eigenvalue weighted by atomic mass is 16.1. The van der Waals surface area contributed by atoms with E-state index in [2.05, 4.69) is 15.3 Å². The van der Waals surface area contributed by atoms with Crippen LogP contribution in [0.4, 0.5) is 5.82 Å². The van der Waals surface area contributed by atoms with Gasteiger partial charge in [-0.1, -0.05) is 11.6 Å².